The van der Waals surface area contributed by atoms with Crippen LogP contribution in [0.25, 0.3) is 22.3 Å². The lowest BCUT2D eigenvalue weighted by Crippen LogP contribution is -2.68. The molecule has 0 bridgehead atoms. The number of hydrogen-bond donors (Lipinski definition) is 2. The van der Waals surface area contributed by atoms with E-state index in [1.54, 1.807) is 25.2 Å². The lowest BCUT2D eigenvalue weighted by atomic mass is 9.85. The molecule has 1 aliphatic carbocycles. The van der Waals surface area contributed by atoms with E-state index in [0.717, 1.165) is 47.4 Å². The van der Waals surface area contributed by atoms with Crippen LogP contribution in [0.1, 0.15) is 12.8 Å². The maximum absolute atomic E-state index is 14.3. The number of alkyl halides is 3. The van der Waals surface area contributed by atoms with Crippen LogP contribution in [0.2, 0.25) is 0 Å². The summed E-state index contributed by atoms with van der Waals surface area (Å²) in [5.74, 6) is -1.06. The average molecular weight is 556 g/mol. The predicted octanol–water partition coefficient (Wildman–Crippen LogP) is 1.89. The number of rotatable bonds is 6. The summed E-state index contributed by atoms with van der Waals surface area (Å²) in [4.78, 5) is 33.9. The minimum atomic E-state index is -4.89. The Balaban J connectivity index is 1.06. The molecule has 1 unspecified atom stereocenters. The molecule has 1 atom stereocenters. The van der Waals surface area contributed by atoms with Gasteiger partial charge in [-0.1, -0.05) is 0 Å². The molecule has 1 radical (unpaired) electrons. The quantitative estimate of drug-likeness (QED) is 0.478. The predicted molar refractivity (Wildman–Crippen MR) is 142 cm³/mol. The molecule has 1 amide bonds. The number of carbonyl (C=O) groups excluding carboxylic acids is 1. The van der Waals surface area contributed by atoms with Crippen LogP contribution in [0.15, 0.2) is 47.7 Å². The molecule has 5 heterocycles. The number of nitrogens with zero attached hydrogens (tertiary/aromatic N) is 8. The van der Waals surface area contributed by atoms with Crippen LogP contribution in [0.4, 0.5) is 13.2 Å². The Kier molecular flexibility index (Phi) is 6.61. The van der Waals surface area contributed by atoms with Crippen LogP contribution in [0, 0.1) is 6.04 Å². The van der Waals surface area contributed by atoms with Crippen molar-refractivity contribution in [3.05, 3.63) is 48.8 Å². The van der Waals surface area contributed by atoms with Gasteiger partial charge in [-0.2, -0.15) is 18.3 Å². The zero-order valence-electron chi connectivity index (χ0n) is 22.2. The van der Waals surface area contributed by atoms with E-state index in [4.69, 9.17) is 0 Å². The molecule has 1 saturated heterocycles. The number of amides is 1. The van der Waals surface area contributed by atoms with Crippen molar-refractivity contribution in [1.82, 2.24) is 44.7 Å². The fraction of sp³-hybridized carbons (Fsp3) is 0.462. The van der Waals surface area contributed by atoms with Gasteiger partial charge in [-0.25, -0.2) is 15.0 Å². The van der Waals surface area contributed by atoms with E-state index in [9.17, 15) is 18.0 Å². The molecule has 2 fully saturated rings. The van der Waals surface area contributed by atoms with Crippen molar-refractivity contribution in [2.24, 2.45) is 4.99 Å². The molecule has 3 aromatic heterocycles. The van der Waals surface area contributed by atoms with Gasteiger partial charge >= 0.3 is 11.8 Å². The Labute approximate surface area is 228 Å². The number of carbonyl (C=O) groups is 1. The molecule has 40 heavy (non-hydrogen) atoms. The highest BCUT2D eigenvalue weighted by Gasteiger charge is 2.63. The number of aromatic amines is 1. The van der Waals surface area contributed by atoms with Crippen molar-refractivity contribution in [3.63, 3.8) is 0 Å². The van der Waals surface area contributed by atoms with Crippen molar-refractivity contribution in [3.8, 4) is 11.3 Å². The topological polar surface area (TPSA) is 111 Å². The van der Waals surface area contributed by atoms with E-state index in [1.807, 2.05) is 23.1 Å². The van der Waals surface area contributed by atoms with Crippen LogP contribution >= 0.6 is 0 Å². The molecular weight excluding hydrogens is 525 g/mol. The third-order valence-corrected chi connectivity index (χ3v) is 7.69. The molecule has 14 heteroatoms. The van der Waals surface area contributed by atoms with Crippen LogP contribution in [-0.4, -0.2) is 116 Å². The van der Waals surface area contributed by atoms with Gasteiger partial charge in [-0.15, -0.1) is 0 Å². The van der Waals surface area contributed by atoms with E-state index in [2.05, 4.69) is 35.3 Å². The highest BCUT2D eigenvalue weighted by Crippen LogP contribution is 2.38. The van der Waals surface area contributed by atoms with Gasteiger partial charge in [0.25, 0.3) is 5.91 Å². The first-order chi connectivity index (χ1) is 19.1. The van der Waals surface area contributed by atoms with E-state index in [1.165, 1.54) is 17.3 Å². The Morgan fingerprint density at radius 2 is 1.95 bits per heavy atom. The second-order valence-electron chi connectivity index (χ2n) is 10.6. The van der Waals surface area contributed by atoms with Crippen LogP contribution < -0.4 is 5.32 Å². The number of aromatic nitrogens is 5. The second kappa shape index (κ2) is 10.0. The number of likely N-dealkylation sites (N-methyl/N-ethyl adjacent to an activating group) is 1. The monoisotopic (exact) mass is 555 g/mol. The van der Waals surface area contributed by atoms with Gasteiger partial charge < -0.3 is 20.1 Å². The Morgan fingerprint density at radius 3 is 2.67 bits per heavy atom. The van der Waals surface area contributed by atoms with Gasteiger partial charge in [0.1, 0.15) is 12.0 Å². The van der Waals surface area contributed by atoms with Crippen molar-refractivity contribution in [2.75, 3.05) is 46.8 Å². The van der Waals surface area contributed by atoms with Gasteiger partial charge in [0, 0.05) is 74.0 Å². The number of piperazine rings is 1. The molecule has 3 aromatic rings. The largest absolute Gasteiger partial charge is 0.441 e. The smallest absolute Gasteiger partial charge is 0.348 e. The standard InChI is InChI=1S/C26H30F3N10O/c1-36(2)15-18-3-6-33-25(35-18,26(27,28)29)24(40)38-9-7-37(8-10-38)19-11-20(12-19)39-14-17(13-34-39)22-21-4-5-30-23(21)32-16-31-22/h3-6,13-14,16,19,35H,7-12,15H2,1-2H3,(H,30,31,32). The summed E-state index contributed by atoms with van der Waals surface area (Å²) in [6.45, 7) is 1.65. The molecule has 2 N–H and O–H groups in total. The SMILES string of the molecule is CN(C)CC1=CC=NC(C(=O)N2CCN(C3C[C](n4cc(-c5ncnc6[nH]ccc56)cn4)C3)CC2)(C(F)(F)F)N1. The number of nitrogens with one attached hydrogen (secondary N) is 2. The first kappa shape index (κ1) is 26.4. The Hall–Kier alpha value is -3.78. The highest BCUT2D eigenvalue weighted by atomic mass is 19.4. The fourth-order valence-electron chi connectivity index (χ4n) is 5.52. The number of aliphatic imine (C=N–C) groups is 1. The van der Waals surface area contributed by atoms with Crippen LogP contribution in [0.3, 0.4) is 0 Å². The van der Waals surface area contributed by atoms with Gasteiger partial charge in [0.2, 0.25) is 0 Å². The summed E-state index contributed by atoms with van der Waals surface area (Å²) in [6, 6.07) is 3.35. The maximum Gasteiger partial charge on any atom is 0.441 e. The Morgan fingerprint density at radius 1 is 1.18 bits per heavy atom. The molecule has 6 rings (SSSR count). The van der Waals surface area contributed by atoms with Crippen molar-refractivity contribution < 1.29 is 18.0 Å². The van der Waals surface area contributed by atoms with E-state index < -0.39 is 17.7 Å². The zero-order chi connectivity index (χ0) is 28.1. The molecule has 211 valence electrons. The van der Waals surface area contributed by atoms with Gasteiger partial charge in [0.15, 0.2) is 0 Å². The highest BCUT2D eigenvalue weighted by molar-refractivity contribution is 5.91. The van der Waals surface area contributed by atoms with Crippen molar-refractivity contribution >= 4 is 23.2 Å². The van der Waals surface area contributed by atoms with Crippen molar-refractivity contribution in [1.29, 1.82) is 0 Å². The molecule has 0 aromatic carbocycles. The van der Waals surface area contributed by atoms with Crippen molar-refractivity contribution in [2.45, 2.75) is 30.7 Å². The van der Waals surface area contributed by atoms with E-state index >= 15 is 0 Å². The third kappa shape index (κ3) is 4.64. The lowest BCUT2D eigenvalue weighted by molar-refractivity contribution is -0.203. The number of hydrogen-bond acceptors (Lipinski definition) is 8. The molecular formula is C26H30F3N10O. The van der Waals surface area contributed by atoms with E-state index in [-0.39, 0.29) is 25.7 Å². The maximum atomic E-state index is 14.3. The fourth-order valence-corrected chi connectivity index (χ4v) is 5.52. The first-order valence-corrected chi connectivity index (χ1v) is 13.1. The number of H-pyrrole nitrogens is 1. The zero-order valence-corrected chi connectivity index (χ0v) is 22.2. The number of fused-ring (bicyclic) bond motifs is 1. The minimum Gasteiger partial charge on any atom is -0.348 e. The lowest BCUT2D eigenvalue weighted by Gasteiger charge is -2.47. The van der Waals surface area contributed by atoms with Crippen LogP contribution in [0.5, 0.6) is 0 Å². The second-order valence-corrected chi connectivity index (χ2v) is 10.6. The van der Waals surface area contributed by atoms with E-state index in [0.29, 0.717) is 18.8 Å². The number of halogens is 3. The summed E-state index contributed by atoms with van der Waals surface area (Å²) >= 11 is 0. The number of allylic oxidation sites excluding steroid dienone is 1. The molecule has 3 aliphatic rings. The average Bonchev–Trinajstić information content (AvgIpc) is 3.57. The van der Waals surface area contributed by atoms with Gasteiger partial charge in [-0.3, -0.25) is 14.4 Å². The summed E-state index contributed by atoms with van der Waals surface area (Å²) in [5, 5.41) is 7.86. The Bertz CT molecular complexity index is 1450. The summed E-state index contributed by atoms with van der Waals surface area (Å²) in [7, 11) is 3.50. The first-order valence-electron chi connectivity index (χ1n) is 13.1. The summed E-state index contributed by atoms with van der Waals surface area (Å²) in [6.07, 6.45) is 6.36. The van der Waals surface area contributed by atoms with Gasteiger partial charge in [0.05, 0.1) is 17.9 Å². The molecule has 0 spiro atoms. The molecule has 1 saturated carbocycles. The van der Waals surface area contributed by atoms with Gasteiger partial charge in [-0.05, 0) is 39.1 Å². The molecule has 2 aliphatic heterocycles. The molecule has 11 nitrogen and oxygen atoms in total. The minimum absolute atomic E-state index is 0.207. The third-order valence-electron chi connectivity index (χ3n) is 7.69. The summed E-state index contributed by atoms with van der Waals surface area (Å²) < 4.78 is 44.7. The summed E-state index contributed by atoms with van der Waals surface area (Å²) in [5.41, 5.74) is -0.228. The normalized spacial score (nSPS) is 22.9. The van der Waals surface area contributed by atoms with Crippen LogP contribution in [-0.2, 0) is 4.79 Å².